The standard InChI is InChI=1S/C57H35N7O/c65-52-24-11-7-20-44(52)46-30-27-35-25-26-36-28-31-47(59-54(36)53(35)58-46)57-61-55(37-13-2-1-3-14-37)60-56(62-57)38-15-12-16-39(33-38)63-50-23-10-6-19-43(50)45-34-40(29-32-51(45)63)64-48-21-8-4-17-41(48)42-18-5-9-22-49(42)64/h1-34,65H. The molecule has 13 rings (SSSR count). The average Bonchev–Trinajstić information content (AvgIpc) is 3.89. The average molecular weight is 834 g/mol. The van der Waals surface area contributed by atoms with Gasteiger partial charge < -0.3 is 14.2 Å². The summed E-state index contributed by atoms with van der Waals surface area (Å²) in [6, 6.07) is 70.3. The minimum atomic E-state index is 0.172. The highest BCUT2D eigenvalue weighted by atomic mass is 16.3. The lowest BCUT2D eigenvalue weighted by Crippen LogP contribution is -2.02. The number of phenols is 1. The van der Waals surface area contributed by atoms with Gasteiger partial charge in [0.2, 0.25) is 0 Å². The molecule has 8 aromatic carbocycles. The second-order valence-electron chi connectivity index (χ2n) is 16.3. The van der Waals surface area contributed by atoms with Gasteiger partial charge in [0, 0.05) is 60.4 Å². The van der Waals surface area contributed by atoms with Crippen molar-refractivity contribution in [2.45, 2.75) is 0 Å². The van der Waals surface area contributed by atoms with Gasteiger partial charge in [0.05, 0.1) is 38.8 Å². The number of para-hydroxylation sites is 4. The van der Waals surface area contributed by atoms with Gasteiger partial charge in [-0.15, -0.1) is 0 Å². The van der Waals surface area contributed by atoms with Crippen LogP contribution in [-0.4, -0.2) is 39.2 Å². The number of benzene rings is 8. The first-order valence-electron chi connectivity index (χ1n) is 21.6. The van der Waals surface area contributed by atoms with Crippen molar-refractivity contribution in [2.75, 3.05) is 0 Å². The summed E-state index contributed by atoms with van der Waals surface area (Å²) in [6.45, 7) is 0. The summed E-state index contributed by atoms with van der Waals surface area (Å²) < 4.78 is 4.70. The van der Waals surface area contributed by atoms with Gasteiger partial charge >= 0.3 is 0 Å². The zero-order valence-electron chi connectivity index (χ0n) is 34.7. The molecule has 13 aromatic rings. The van der Waals surface area contributed by atoms with Crippen molar-refractivity contribution >= 4 is 65.4 Å². The molecule has 1 N–H and O–H groups in total. The van der Waals surface area contributed by atoms with Crippen LogP contribution >= 0.6 is 0 Å². The Bertz CT molecular complexity index is 3990. The van der Waals surface area contributed by atoms with Gasteiger partial charge in [-0.3, -0.25) is 0 Å². The van der Waals surface area contributed by atoms with Gasteiger partial charge in [-0.1, -0.05) is 133 Å². The van der Waals surface area contributed by atoms with E-state index in [1.807, 2.05) is 72.8 Å². The summed E-state index contributed by atoms with van der Waals surface area (Å²) in [6.07, 6.45) is 0. The van der Waals surface area contributed by atoms with Crippen molar-refractivity contribution in [3.05, 3.63) is 206 Å². The third-order valence-corrected chi connectivity index (χ3v) is 12.5. The predicted octanol–water partition coefficient (Wildman–Crippen LogP) is 13.5. The molecule has 0 fully saturated rings. The van der Waals surface area contributed by atoms with Crippen LogP contribution < -0.4 is 0 Å². The quantitative estimate of drug-likeness (QED) is 0.168. The molecule has 5 aromatic heterocycles. The van der Waals surface area contributed by atoms with E-state index in [1.165, 1.54) is 27.2 Å². The number of hydrogen-bond donors (Lipinski definition) is 1. The van der Waals surface area contributed by atoms with Crippen LogP contribution in [0.15, 0.2) is 206 Å². The Hall–Kier alpha value is -9.01. The van der Waals surface area contributed by atoms with Crippen LogP contribution in [0.5, 0.6) is 5.75 Å². The Balaban J connectivity index is 0.962. The highest BCUT2D eigenvalue weighted by Crippen LogP contribution is 2.38. The topological polar surface area (TPSA) is 94.5 Å². The summed E-state index contributed by atoms with van der Waals surface area (Å²) in [7, 11) is 0. The van der Waals surface area contributed by atoms with Gasteiger partial charge in [-0.2, -0.15) is 0 Å². The summed E-state index contributed by atoms with van der Waals surface area (Å²) in [5, 5.41) is 17.3. The molecule has 0 aliphatic carbocycles. The van der Waals surface area contributed by atoms with E-state index in [4.69, 9.17) is 24.9 Å². The highest BCUT2D eigenvalue weighted by molar-refractivity contribution is 6.12. The summed E-state index contributed by atoms with van der Waals surface area (Å²) >= 11 is 0. The first kappa shape index (κ1) is 36.6. The molecule has 8 nitrogen and oxygen atoms in total. The molecule has 0 amide bonds. The predicted molar refractivity (Wildman–Crippen MR) is 263 cm³/mol. The minimum Gasteiger partial charge on any atom is -0.507 e. The SMILES string of the molecule is Oc1ccccc1-c1ccc2ccc3ccc(-c4nc(-c5ccccc5)nc(-c5cccc(-n6c7ccccc7c7cc(-n8c9ccccc9c9ccccc98)ccc76)c5)n4)nc3c2n1. The van der Waals surface area contributed by atoms with Crippen molar-refractivity contribution in [3.63, 3.8) is 0 Å². The molecular formula is C57H35N7O. The lowest BCUT2D eigenvalue weighted by atomic mass is 10.1. The van der Waals surface area contributed by atoms with Crippen molar-refractivity contribution in [1.82, 2.24) is 34.1 Å². The Morgan fingerprint density at radius 1 is 0.323 bits per heavy atom. The van der Waals surface area contributed by atoms with Gasteiger partial charge in [-0.25, -0.2) is 24.9 Å². The molecule has 0 atom stereocenters. The Morgan fingerprint density at radius 3 is 1.49 bits per heavy atom. The molecule has 0 saturated heterocycles. The van der Waals surface area contributed by atoms with E-state index in [9.17, 15) is 5.11 Å². The van der Waals surface area contributed by atoms with E-state index < -0.39 is 0 Å². The summed E-state index contributed by atoms with van der Waals surface area (Å²) in [4.78, 5) is 25.5. The van der Waals surface area contributed by atoms with E-state index in [0.29, 0.717) is 34.4 Å². The van der Waals surface area contributed by atoms with Crippen molar-refractivity contribution in [2.24, 2.45) is 0 Å². The Morgan fingerprint density at radius 2 is 0.815 bits per heavy atom. The van der Waals surface area contributed by atoms with Crippen molar-refractivity contribution in [1.29, 1.82) is 0 Å². The molecule has 65 heavy (non-hydrogen) atoms. The molecule has 0 aliphatic heterocycles. The van der Waals surface area contributed by atoms with Crippen LogP contribution in [0, 0.1) is 0 Å². The van der Waals surface area contributed by atoms with E-state index in [-0.39, 0.29) is 5.75 Å². The molecule has 0 radical (unpaired) electrons. The first-order valence-corrected chi connectivity index (χ1v) is 21.6. The van der Waals surface area contributed by atoms with Crippen molar-refractivity contribution in [3.8, 4) is 62.7 Å². The zero-order chi connectivity index (χ0) is 43.0. The number of aromatic hydroxyl groups is 1. The number of phenolic OH excluding ortho intramolecular Hbond substituents is 1. The number of aromatic nitrogens is 7. The maximum atomic E-state index is 10.7. The van der Waals surface area contributed by atoms with Crippen LogP contribution in [0.2, 0.25) is 0 Å². The number of rotatable bonds is 6. The van der Waals surface area contributed by atoms with Crippen LogP contribution in [-0.2, 0) is 0 Å². The van der Waals surface area contributed by atoms with Gasteiger partial charge in [0.25, 0.3) is 0 Å². The third-order valence-electron chi connectivity index (χ3n) is 12.5. The van der Waals surface area contributed by atoms with Crippen LogP contribution in [0.4, 0.5) is 0 Å². The molecule has 0 spiro atoms. The van der Waals surface area contributed by atoms with E-state index in [1.54, 1.807) is 12.1 Å². The van der Waals surface area contributed by atoms with Crippen LogP contribution in [0.25, 0.3) is 122 Å². The maximum Gasteiger partial charge on any atom is 0.182 e. The molecule has 0 saturated carbocycles. The van der Waals surface area contributed by atoms with Crippen LogP contribution in [0.1, 0.15) is 0 Å². The molecule has 0 unspecified atom stereocenters. The number of fused-ring (bicyclic) bond motifs is 9. The number of hydrogen-bond acceptors (Lipinski definition) is 6. The molecule has 5 heterocycles. The fourth-order valence-corrected chi connectivity index (χ4v) is 9.43. The first-order chi connectivity index (χ1) is 32.1. The lowest BCUT2D eigenvalue weighted by molar-refractivity contribution is 0.477. The van der Waals surface area contributed by atoms with Gasteiger partial charge in [-0.05, 0) is 72.8 Å². The molecule has 0 aliphatic rings. The van der Waals surface area contributed by atoms with E-state index in [0.717, 1.165) is 60.7 Å². The fourth-order valence-electron chi connectivity index (χ4n) is 9.43. The number of nitrogens with zero attached hydrogens (tertiary/aromatic N) is 7. The Labute approximate surface area is 372 Å². The lowest BCUT2D eigenvalue weighted by Gasteiger charge is -2.12. The molecule has 304 valence electrons. The Kier molecular flexibility index (Phi) is 8.19. The number of pyridine rings is 2. The van der Waals surface area contributed by atoms with Gasteiger partial charge in [0.15, 0.2) is 17.5 Å². The maximum absolute atomic E-state index is 10.7. The van der Waals surface area contributed by atoms with E-state index in [2.05, 4.69) is 130 Å². The summed E-state index contributed by atoms with van der Waals surface area (Å²) in [5.74, 6) is 1.70. The molecule has 8 heteroatoms. The van der Waals surface area contributed by atoms with E-state index >= 15 is 0 Å². The van der Waals surface area contributed by atoms with Crippen molar-refractivity contribution < 1.29 is 5.11 Å². The second-order valence-corrected chi connectivity index (χ2v) is 16.3. The zero-order valence-corrected chi connectivity index (χ0v) is 34.7. The minimum absolute atomic E-state index is 0.172. The van der Waals surface area contributed by atoms with Gasteiger partial charge in [0.1, 0.15) is 11.4 Å². The molecule has 0 bridgehead atoms. The fraction of sp³-hybridized carbons (Fsp3) is 0. The smallest absolute Gasteiger partial charge is 0.182 e. The second kappa shape index (κ2) is 14.5. The van der Waals surface area contributed by atoms with Crippen LogP contribution in [0.3, 0.4) is 0 Å². The summed E-state index contributed by atoms with van der Waals surface area (Å²) in [5.41, 5.74) is 11.7. The highest BCUT2D eigenvalue weighted by Gasteiger charge is 2.19. The third kappa shape index (κ3) is 5.96. The normalized spacial score (nSPS) is 11.8. The largest absolute Gasteiger partial charge is 0.507 e. The molecular weight excluding hydrogens is 799 g/mol. The monoisotopic (exact) mass is 833 g/mol.